The topological polar surface area (TPSA) is 115 Å². The van der Waals surface area contributed by atoms with E-state index in [-0.39, 0.29) is 27.9 Å². The number of hydrogen-bond acceptors (Lipinski definition) is 5. The average molecular weight is 243 g/mol. The Morgan fingerprint density at radius 2 is 2.06 bits per heavy atom. The van der Waals surface area contributed by atoms with Crippen LogP contribution in [0, 0.1) is 5.92 Å². The van der Waals surface area contributed by atoms with Crippen molar-refractivity contribution in [2.75, 3.05) is 13.1 Å². The van der Waals surface area contributed by atoms with Gasteiger partial charge in [-0.1, -0.05) is 26.7 Å². The molecule has 0 aromatic heterocycles. The number of ketones is 1. The van der Waals surface area contributed by atoms with E-state index in [9.17, 15) is 14.7 Å². The first-order valence-corrected chi connectivity index (χ1v) is 4.38. The molecule has 0 aromatic carbocycles. The number of aliphatic hydroxyl groups excluding tert-OH is 1. The molecule has 0 fully saturated rings. The molecule has 1 atom stereocenters. The van der Waals surface area contributed by atoms with Gasteiger partial charge in [0.15, 0.2) is 5.76 Å². The fraction of sp³-hybridized carbons (Fsp3) is 0.455. The van der Waals surface area contributed by atoms with Crippen molar-refractivity contribution in [2.24, 2.45) is 11.7 Å². The summed E-state index contributed by atoms with van der Waals surface area (Å²) in [5, 5.41) is 22.5. The molecule has 4 N–H and O–H groups in total. The molecule has 0 saturated carbocycles. The molecule has 1 unspecified atom stereocenters. The second-order valence-corrected chi connectivity index (χ2v) is 3.02. The molecule has 0 spiro atoms. The van der Waals surface area contributed by atoms with Crippen LogP contribution in [0.5, 0.6) is 0 Å². The third kappa shape index (κ3) is 4.28. The number of carbonyl (C=O) groups is 2. The van der Waals surface area contributed by atoms with Gasteiger partial charge in [-0.05, 0) is 6.08 Å². The van der Waals surface area contributed by atoms with E-state index in [4.69, 9.17) is 10.8 Å². The van der Waals surface area contributed by atoms with E-state index in [0.29, 0.717) is 0 Å². The van der Waals surface area contributed by atoms with Crippen LogP contribution in [-0.4, -0.2) is 29.9 Å². The van der Waals surface area contributed by atoms with Gasteiger partial charge in [0.1, 0.15) is 0 Å². The van der Waals surface area contributed by atoms with E-state index in [2.05, 4.69) is 5.32 Å². The van der Waals surface area contributed by atoms with Crippen LogP contribution in [0.25, 0.3) is 0 Å². The molecule has 0 bridgehead atoms. The van der Waals surface area contributed by atoms with Gasteiger partial charge in [0.25, 0.3) is 0 Å². The third-order valence-electron chi connectivity index (χ3n) is 1.87. The Labute approximate surface area is 101 Å². The Morgan fingerprint density at radius 1 is 1.47 bits per heavy atom. The lowest BCUT2D eigenvalue weighted by Gasteiger charge is -2.19. The number of Topliss-reactive ketones (excluding diaryl/α,β-unsaturated/α-hetero) is 1. The predicted molar refractivity (Wildman–Crippen MR) is 62.8 cm³/mol. The van der Waals surface area contributed by atoms with Gasteiger partial charge in [0.05, 0.1) is 5.92 Å². The quantitative estimate of drug-likeness (QED) is 0.601. The van der Waals surface area contributed by atoms with Crippen molar-refractivity contribution >= 4 is 11.7 Å². The van der Waals surface area contributed by atoms with Crippen molar-refractivity contribution < 1.29 is 19.8 Å². The van der Waals surface area contributed by atoms with Crippen molar-refractivity contribution in [3.63, 3.8) is 0 Å². The maximum atomic E-state index is 11.3. The number of carbonyl (C=O) groups excluding carboxylic acids is 2. The lowest BCUT2D eigenvalue weighted by Crippen LogP contribution is -2.35. The third-order valence-corrected chi connectivity index (χ3v) is 1.87. The highest BCUT2D eigenvalue weighted by atomic mass is 16.3. The molecule has 6 nitrogen and oxygen atoms in total. The molecule has 98 valence electrons. The van der Waals surface area contributed by atoms with E-state index in [0.717, 1.165) is 12.2 Å². The van der Waals surface area contributed by atoms with Crippen molar-refractivity contribution in [1.82, 2.24) is 5.32 Å². The smallest absolute Gasteiger partial charge is 0.230 e. The van der Waals surface area contributed by atoms with Gasteiger partial charge < -0.3 is 21.3 Å². The van der Waals surface area contributed by atoms with E-state index in [1.807, 2.05) is 0 Å². The van der Waals surface area contributed by atoms with Crippen LogP contribution >= 0.6 is 0 Å². The van der Waals surface area contributed by atoms with Gasteiger partial charge in [0.2, 0.25) is 11.7 Å². The monoisotopic (exact) mass is 243 g/mol. The van der Waals surface area contributed by atoms with Gasteiger partial charge >= 0.3 is 0 Å². The van der Waals surface area contributed by atoms with E-state index in [1.165, 1.54) is 0 Å². The summed E-state index contributed by atoms with van der Waals surface area (Å²) in [5.74, 6) is -3.91. The Hall–Kier alpha value is -1.82. The first-order valence-electron chi connectivity index (χ1n) is 4.38. The summed E-state index contributed by atoms with van der Waals surface area (Å²) in [6.07, 6.45) is 2.00. The number of nitrogens with one attached hydrogen (secondary N) is 1. The molecule has 6 heteroatoms. The number of aliphatic hydroxyl groups is 1. The molecule has 0 heterocycles. The molecule has 0 aliphatic heterocycles. The van der Waals surface area contributed by atoms with Crippen LogP contribution in [-0.2, 0) is 9.59 Å². The SMILES string of the molecule is C.C.NCCNC(=O)C1C=C([O-])C(=O)C(O)=C1. The van der Waals surface area contributed by atoms with Crippen LogP contribution in [0.15, 0.2) is 23.7 Å². The summed E-state index contributed by atoms with van der Waals surface area (Å²) in [5.41, 5.74) is 5.17. The Bertz CT molecular complexity index is 325. The molecular weight excluding hydrogens is 224 g/mol. The second-order valence-electron chi connectivity index (χ2n) is 3.02. The minimum atomic E-state index is -0.988. The Morgan fingerprint density at radius 3 is 2.53 bits per heavy atom. The molecule has 1 aliphatic carbocycles. The zero-order valence-corrected chi connectivity index (χ0v) is 7.90. The van der Waals surface area contributed by atoms with E-state index < -0.39 is 29.1 Å². The molecule has 0 saturated heterocycles. The molecule has 1 aliphatic rings. The summed E-state index contributed by atoms with van der Waals surface area (Å²) in [6.45, 7) is 0.556. The molecule has 1 rings (SSSR count). The van der Waals surface area contributed by atoms with Crippen LogP contribution in [0.1, 0.15) is 14.9 Å². The maximum Gasteiger partial charge on any atom is 0.230 e. The molecule has 0 radical (unpaired) electrons. The summed E-state index contributed by atoms with van der Waals surface area (Å²) < 4.78 is 0. The van der Waals surface area contributed by atoms with Crippen LogP contribution in [0.4, 0.5) is 0 Å². The zero-order chi connectivity index (χ0) is 11.4. The van der Waals surface area contributed by atoms with Gasteiger partial charge in [-0.25, -0.2) is 0 Å². The van der Waals surface area contributed by atoms with E-state index in [1.54, 1.807) is 0 Å². The molecular formula is C11H19N2O4-. The Balaban J connectivity index is 0. The minimum Gasteiger partial charge on any atom is -0.870 e. The number of amides is 1. The van der Waals surface area contributed by atoms with Crippen molar-refractivity contribution in [3.05, 3.63) is 23.7 Å². The summed E-state index contributed by atoms with van der Waals surface area (Å²) in [7, 11) is 0. The average Bonchev–Trinajstić information content (AvgIpc) is 2.21. The fourth-order valence-corrected chi connectivity index (χ4v) is 1.12. The van der Waals surface area contributed by atoms with Crippen molar-refractivity contribution in [3.8, 4) is 0 Å². The number of rotatable bonds is 3. The number of nitrogens with two attached hydrogens (primary N) is 1. The molecule has 17 heavy (non-hydrogen) atoms. The predicted octanol–water partition coefficient (Wildman–Crippen LogP) is -0.781. The van der Waals surface area contributed by atoms with Gasteiger partial charge in [0, 0.05) is 13.1 Å². The minimum absolute atomic E-state index is 0. The van der Waals surface area contributed by atoms with E-state index >= 15 is 0 Å². The highest BCUT2D eigenvalue weighted by Crippen LogP contribution is 2.14. The summed E-state index contributed by atoms with van der Waals surface area (Å²) in [4.78, 5) is 22.2. The highest BCUT2D eigenvalue weighted by Gasteiger charge is 2.21. The first kappa shape index (κ1) is 17.6. The fourth-order valence-electron chi connectivity index (χ4n) is 1.12. The van der Waals surface area contributed by atoms with Crippen molar-refractivity contribution in [2.45, 2.75) is 14.9 Å². The first-order chi connectivity index (χ1) is 7.06. The van der Waals surface area contributed by atoms with Crippen LogP contribution in [0.3, 0.4) is 0 Å². The largest absolute Gasteiger partial charge is 0.870 e. The van der Waals surface area contributed by atoms with Gasteiger partial charge in [-0.3, -0.25) is 9.59 Å². The van der Waals surface area contributed by atoms with Crippen molar-refractivity contribution in [1.29, 1.82) is 0 Å². The van der Waals surface area contributed by atoms with Crippen LogP contribution in [0.2, 0.25) is 0 Å². The standard InChI is InChI=1S/C9H12N2O4.2CH4/c10-1-2-11-9(15)5-3-6(12)8(14)7(13)4-5;;/h3-5,12-13H,1-2,10H2,(H,11,15);2*1H4/p-1. The molecule has 1 amide bonds. The lowest BCUT2D eigenvalue weighted by molar-refractivity contribution is -0.298. The normalized spacial score (nSPS) is 18.2. The molecule has 0 aromatic rings. The Kier molecular flexibility index (Phi) is 7.70. The maximum absolute atomic E-state index is 11.3. The summed E-state index contributed by atoms with van der Waals surface area (Å²) in [6, 6.07) is 0. The summed E-state index contributed by atoms with van der Waals surface area (Å²) >= 11 is 0. The zero-order valence-electron chi connectivity index (χ0n) is 7.90. The second kappa shape index (κ2) is 7.45. The highest BCUT2D eigenvalue weighted by molar-refractivity contribution is 6.06. The van der Waals surface area contributed by atoms with Gasteiger partial charge in [-0.15, -0.1) is 0 Å². The van der Waals surface area contributed by atoms with Gasteiger partial charge in [-0.2, -0.15) is 0 Å². The van der Waals surface area contributed by atoms with Crippen LogP contribution < -0.4 is 16.2 Å². The number of hydrogen-bond donors (Lipinski definition) is 3. The lowest BCUT2D eigenvalue weighted by atomic mass is 9.99.